The Bertz CT molecular complexity index is 885. The number of carbonyl (C=O) groups is 1. The highest BCUT2D eigenvalue weighted by Crippen LogP contribution is 2.25. The highest BCUT2D eigenvalue weighted by Gasteiger charge is 2.15. The summed E-state index contributed by atoms with van der Waals surface area (Å²) in [6, 6.07) is 14.7. The number of nitrogens with zero attached hydrogens (tertiary/aromatic N) is 2. The number of carbonyl (C=O) groups excluding carboxylic acids is 1. The van der Waals surface area contributed by atoms with Crippen LogP contribution in [0.3, 0.4) is 0 Å². The molecule has 0 radical (unpaired) electrons. The summed E-state index contributed by atoms with van der Waals surface area (Å²) >= 11 is 0. The van der Waals surface area contributed by atoms with E-state index in [0.29, 0.717) is 17.3 Å². The van der Waals surface area contributed by atoms with Crippen molar-refractivity contribution < 1.29 is 14.3 Å². The summed E-state index contributed by atoms with van der Waals surface area (Å²) in [4.78, 5) is 16.8. The number of anilines is 1. The Kier molecular flexibility index (Phi) is 4.70. The molecule has 0 aliphatic rings. The van der Waals surface area contributed by atoms with Gasteiger partial charge in [0.1, 0.15) is 11.5 Å². The molecule has 0 unspecified atom stereocenters. The first-order valence-corrected chi connectivity index (χ1v) is 7.74. The van der Waals surface area contributed by atoms with Crippen LogP contribution in [0.1, 0.15) is 10.4 Å². The molecule has 2 aromatic carbocycles. The van der Waals surface area contributed by atoms with E-state index >= 15 is 0 Å². The Morgan fingerprint density at radius 1 is 1.04 bits per heavy atom. The molecule has 1 aromatic heterocycles. The number of hydrogen-bond donors (Lipinski definition) is 1. The quantitative estimate of drug-likeness (QED) is 0.775. The van der Waals surface area contributed by atoms with Crippen LogP contribution >= 0.6 is 0 Å². The molecule has 0 spiro atoms. The highest BCUT2D eigenvalue weighted by atomic mass is 16.5. The molecule has 3 aromatic rings. The number of para-hydroxylation sites is 1. The summed E-state index contributed by atoms with van der Waals surface area (Å²) < 4.78 is 12.2. The molecule has 1 heterocycles. The molecule has 0 atom stereocenters. The van der Waals surface area contributed by atoms with Crippen molar-refractivity contribution in [3.05, 3.63) is 60.3 Å². The molecule has 1 N–H and O–H groups in total. The molecule has 0 fully saturated rings. The molecule has 6 nitrogen and oxygen atoms in total. The van der Waals surface area contributed by atoms with E-state index in [0.717, 1.165) is 17.0 Å². The zero-order valence-corrected chi connectivity index (χ0v) is 14.3. The Hall–Kier alpha value is -3.28. The van der Waals surface area contributed by atoms with Crippen molar-refractivity contribution in [2.75, 3.05) is 19.5 Å². The second kappa shape index (κ2) is 7.09. The van der Waals surface area contributed by atoms with Gasteiger partial charge >= 0.3 is 0 Å². The molecular weight excluding hydrogens is 318 g/mol. The summed E-state index contributed by atoms with van der Waals surface area (Å²) in [6.07, 6.45) is 1.72. The monoisotopic (exact) mass is 337 g/mol. The van der Waals surface area contributed by atoms with Gasteiger partial charge in [-0.3, -0.25) is 10.1 Å². The molecule has 1 amide bonds. The van der Waals surface area contributed by atoms with Crippen molar-refractivity contribution in [1.29, 1.82) is 0 Å². The van der Waals surface area contributed by atoms with Gasteiger partial charge in [0.15, 0.2) is 0 Å². The molecule has 0 aliphatic heterocycles. The second-order valence-corrected chi connectivity index (χ2v) is 5.41. The standard InChI is InChI=1S/C19H19N3O3/c1-22-16(13-8-10-14(24-2)11-9-13)12-20-19(22)21-18(23)15-6-4-5-7-17(15)25-3/h4-12H,1-3H3,(H,20,21,23). The lowest BCUT2D eigenvalue weighted by atomic mass is 10.1. The number of amides is 1. The predicted molar refractivity (Wildman–Crippen MR) is 96.1 cm³/mol. The number of nitrogens with one attached hydrogen (secondary N) is 1. The van der Waals surface area contributed by atoms with Crippen LogP contribution < -0.4 is 14.8 Å². The minimum absolute atomic E-state index is 0.271. The Labute approximate surface area is 146 Å². The Morgan fingerprint density at radius 2 is 1.76 bits per heavy atom. The van der Waals surface area contributed by atoms with E-state index in [1.807, 2.05) is 41.9 Å². The van der Waals surface area contributed by atoms with E-state index in [-0.39, 0.29) is 5.91 Å². The zero-order chi connectivity index (χ0) is 17.8. The topological polar surface area (TPSA) is 65.4 Å². The number of hydrogen-bond acceptors (Lipinski definition) is 4. The average Bonchev–Trinajstić information content (AvgIpc) is 3.02. The van der Waals surface area contributed by atoms with Gasteiger partial charge < -0.3 is 14.0 Å². The minimum atomic E-state index is -0.271. The lowest BCUT2D eigenvalue weighted by Gasteiger charge is -2.10. The first-order chi connectivity index (χ1) is 12.1. The number of imidazole rings is 1. The van der Waals surface area contributed by atoms with Gasteiger partial charge in [-0.2, -0.15) is 0 Å². The van der Waals surface area contributed by atoms with Gasteiger partial charge in [0.2, 0.25) is 5.95 Å². The van der Waals surface area contributed by atoms with Crippen LogP contribution in [0.2, 0.25) is 0 Å². The van der Waals surface area contributed by atoms with Crippen LogP contribution in [0, 0.1) is 0 Å². The predicted octanol–water partition coefficient (Wildman–Crippen LogP) is 3.36. The van der Waals surface area contributed by atoms with E-state index < -0.39 is 0 Å². The summed E-state index contributed by atoms with van der Waals surface area (Å²) in [5, 5.41) is 2.82. The van der Waals surface area contributed by atoms with Crippen molar-refractivity contribution >= 4 is 11.9 Å². The van der Waals surface area contributed by atoms with Crippen LogP contribution in [0.15, 0.2) is 54.7 Å². The molecule has 0 saturated carbocycles. The highest BCUT2D eigenvalue weighted by molar-refractivity contribution is 6.05. The number of aromatic nitrogens is 2. The largest absolute Gasteiger partial charge is 0.497 e. The first kappa shape index (κ1) is 16.6. The van der Waals surface area contributed by atoms with Crippen molar-refractivity contribution in [1.82, 2.24) is 9.55 Å². The minimum Gasteiger partial charge on any atom is -0.497 e. The lowest BCUT2D eigenvalue weighted by Crippen LogP contribution is -2.16. The lowest BCUT2D eigenvalue weighted by molar-refractivity contribution is 0.102. The second-order valence-electron chi connectivity index (χ2n) is 5.41. The molecular formula is C19H19N3O3. The van der Waals surface area contributed by atoms with Gasteiger partial charge in [-0.15, -0.1) is 0 Å². The van der Waals surface area contributed by atoms with Crippen molar-refractivity contribution in [3.8, 4) is 22.8 Å². The van der Waals surface area contributed by atoms with E-state index in [1.54, 1.807) is 31.5 Å². The molecule has 0 aliphatic carbocycles. The van der Waals surface area contributed by atoms with Crippen LogP contribution in [0.25, 0.3) is 11.3 Å². The van der Waals surface area contributed by atoms with Crippen molar-refractivity contribution in [2.24, 2.45) is 7.05 Å². The van der Waals surface area contributed by atoms with Crippen molar-refractivity contribution in [2.45, 2.75) is 0 Å². The van der Waals surface area contributed by atoms with Crippen LogP contribution in [-0.2, 0) is 7.05 Å². The zero-order valence-electron chi connectivity index (χ0n) is 14.3. The van der Waals surface area contributed by atoms with Gasteiger partial charge in [0, 0.05) is 12.6 Å². The molecule has 0 bridgehead atoms. The van der Waals surface area contributed by atoms with Gasteiger partial charge in [0.05, 0.1) is 31.7 Å². The van der Waals surface area contributed by atoms with Crippen LogP contribution in [0.4, 0.5) is 5.95 Å². The SMILES string of the molecule is COc1ccc(-c2cnc(NC(=O)c3ccccc3OC)n2C)cc1. The van der Waals surface area contributed by atoms with Gasteiger partial charge in [-0.25, -0.2) is 4.98 Å². The van der Waals surface area contributed by atoms with Crippen molar-refractivity contribution in [3.63, 3.8) is 0 Å². The Balaban J connectivity index is 1.84. The third-order valence-corrected chi connectivity index (χ3v) is 3.95. The third kappa shape index (κ3) is 3.33. The summed E-state index contributed by atoms with van der Waals surface area (Å²) in [6.45, 7) is 0. The molecule has 0 saturated heterocycles. The molecule has 3 rings (SSSR count). The number of rotatable bonds is 5. The number of benzene rings is 2. The fourth-order valence-corrected chi connectivity index (χ4v) is 2.56. The summed E-state index contributed by atoms with van der Waals surface area (Å²) in [5.41, 5.74) is 2.32. The normalized spacial score (nSPS) is 10.4. The number of ether oxygens (including phenoxy) is 2. The van der Waals surface area contributed by atoms with E-state index in [1.165, 1.54) is 7.11 Å². The van der Waals surface area contributed by atoms with Crippen LogP contribution in [-0.4, -0.2) is 29.7 Å². The first-order valence-electron chi connectivity index (χ1n) is 7.74. The van der Waals surface area contributed by atoms with Gasteiger partial charge in [0.25, 0.3) is 5.91 Å². The summed E-state index contributed by atoms with van der Waals surface area (Å²) in [7, 11) is 5.02. The fraction of sp³-hybridized carbons (Fsp3) is 0.158. The molecule has 25 heavy (non-hydrogen) atoms. The van der Waals surface area contributed by atoms with E-state index in [4.69, 9.17) is 9.47 Å². The summed E-state index contributed by atoms with van der Waals surface area (Å²) in [5.74, 6) is 1.49. The maximum atomic E-state index is 12.5. The van der Waals surface area contributed by atoms with E-state index in [2.05, 4.69) is 10.3 Å². The number of methoxy groups -OCH3 is 2. The van der Waals surface area contributed by atoms with Crippen LogP contribution in [0.5, 0.6) is 11.5 Å². The smallest absolute Gasteiger partial charge is 0.261 e. The third-order valence-electron chi connectivity index (χ3n) is 3.95. The maximum Gasteiger partial charge on any atom is 0.261 e. The Morgan fingerprint density at radius 3 is 2.44 bits per heavy atom. The molecule has 6 heteroatoms. The average molecular weight is 337 g/mol. The fourth-order valence-electron chi connectivity index (χ4n) is 2.56. The molecule has 128 valence electrons. The van der Waals surface area contributed by atoms with Gasteiger partial charge in [-0.05, 0) is 36.4 Å². The van der Waals surface area contributed by atoms with Gasteiger partial charge in [-0.1, -0.05) is 12.1 Å². The van der Waals surface area contributed by atoms with E-state index in [9.17, 15) is 4.79 Å². The maximum absolute atomic E-state index is 12.5.